The number of carbonyl (C=O) groups excluding carboxylic acids is 2. The number of anilines is 1. The molecule has 0 aliphatic carbocycles. The molecule has 0 aliphatic heterocycles. The van der Waals surface area contributed by atoms with Gasteiger partial charge in [-0.05, 0) is 37.3 Å². The van der Waals surface area contributed by atoms with Crippen molar-refractivity contribution >= 4 is 40.3 Å². The molecule has 3 aromatic heterocycles. The summed E-state index contributed by atoms with van der Waals surface area (Å²) < 4.78 is 1.58. The van der Waals surface area contributed by atoms with Crippen molar-refractivity contribution in [2.75, 3.05) is 5.32 Å². The van der Waals surface area contributed by atoms with Crippen LogP contribution in [0.4, 0.5) is 11.5 Å². The molecule has 0 unspecified atom stereocenters. The molecule has 10 heteroatoms. The first kappa shape index (κ1) is 21.8. The fourth-order valence-electron chi connectivity index (χ4n) is 3.85. The maximum absolute atomic E-state index is 13.3. The smallest absolute Gasteiger partial charge is 0.259 e. The second kappa shape index (κ2) is 8.75. The summed E-state index contributed by atoms with van der Waals surface area (Å²) in [6.45, 7) is 1.76. The molecule has 4 N–H and O–H groups in total. The zero-order valence-corrected chi connectivity index (χ0v) is 18.9. The number of nitrogens with zero attached hydrogens (tertiary/aromatic N) is 4. The van der Waals surface area contributed by atoms with E-state index < -0.39 is 0 Å². The number of carbonyl (C=O) groups is 2. The Kier molecular flexibility index (Phi) is 5.46. The minimum atomic E-state index is -0.300. The Labute approximate surface area is 199 Å². The molecule has 0 saturated carbocycles. The van der Waals surface area contributed by atoms with Crippen molar-refractivity contribution in [3.05, 3.63) is 88.9 Å². The van der Waals surface area contributed by atoms with Crippen molar-refractivity contribution in [3.63, 3.8) is 0 Å². The molecule has 174 valence electrons. The molecule has 35 heavy (non-hydrogen) atoms. The van der Waals surface area contributed by atoms with Crippen LogP contribution in [0.1, 0.15) is 37.5 Å². The lowest BCUT2D eigenvalue weighted by molar-refractivity contribution is 0.102. The molecular formula is C25H21N7O3. The summed E-state index contributed by atoms with van der Waals surface area (Å²) in [5.74, 6) is -0.0436. The highest BCUT2D eigenvalue weighted by molar-refractivity contribution is 6.13. The molecular weight excluding hydrogens is 446 g/mol. The van der Waals surface area contributed by atoms with Gasteiger partial charge in [-0.3, -0.25) is 19.4 Å². The summed E-state index contributed by atoms with van der Waals surface area (Å²) in [5.41, 5.74) is 3.54. The molecule has 2 aromatic carbocycles. The number of ketones is 1. The first-order chi connectivity index (χ1) is 16.9. The van der Waals surface area contributed by atoms with Gasteiger partial charge in [-0.15, -0.1) is 0 Å². The van der Waals surface area contributed by atoms with Crippen molar-refractivity contribution < 1.29 is 14.7 Å². The number of amides is 1. The maximum atomic E-state index is 13.3. The molecule has 0 radical (unpaired) electrons. The number of benzene rings is 2. The number of aromatic amines is 2. The van der Waals surface area contributed by atoms with Gasteiger partial charge in [0.05, 0.1) is 23.0 Å². The number of fused-ring (bicyclic) bond motifs is 1. The number of hydrogen-bond acceptors (Lipinski definition) is 6. The summed E-state index contributed by atoms with van der Waals surface area (Å²) in [6.07, 6.45) is 4.73. The molecule has 0 saturated heterocycles. The van der Waals surface area contributed by atoms with E-state index in [4.69, 9.17) is 0 Å². The van der Waals surface area contributed by atoms with Gasteiger partial charge in [-0.1, -0.05) is 12.1 Å². The number of aromatic nitrogens is 5. The number of hydrogen-bond donors (Lipinski definition) is 4. The normalized spacial score (nSPS) is 11.4. The van der Waals surface area contributed by atoms with Crippen molar-refractivity contribution in [2.24, 2.45) is 12.0 Å². The molecule has 5 rings (SSSR count). The van der Waals surface area contributed by atoms with Crippen LogP contribution in [-0.2, 0) is 7.05 Å². The molecule has 0 fully saturated rings. The summed E-state index contributed by atoms with van der Waals surface area (Å²) in [6, 6.07) is 13.6. The number of aliphatic imine (C=N–C) groups is 1. The third-order valence-corrected chi connectivity index (χ3v) is 5.54. The van der Waals surface area contributed by atoms with Gasteiger partial charge in [0.1, 0.15) is 5.82 Å². The first-order valence-corrected chi connectivity index (χ1v) is 10.7. The van der Waals surface area contributed by atoms with Crippen LogP contribution in [0.15, 0.2) is 65.9 Å². The van der Waals surface area contributed by atoms with Crippen LogP contribution in [-0.4, -0.2) is 48.0 Å². The van der Waals surface area contributed by atoms with Gasteiger partial charge in [-0.25, -0.2) is 4.99 Å². The van der Waals surface area contributed by atoms with Crippen LogP contribution >= 0.6 is 0 Å². The molecule has 0 atom stereocenters. The standard InChI is InChI=1S/C25H21N7O3/c1-14-20(13-32(2)31-14)25(35)28-17-5-3-4-15(10-17)23(33)16-6-7-21-18(11-16)19(24(34)29-21)12-26-22-8-9-27-30-22/h3-13,29,34H,1-2H3,(H,27,30)(H,28,35)/b26-12+. The SMILES string of the molecule is Cc1nn(C)cc1C(=O)Nc1cccc(C(=O)c2ccc3[nH]c(O)c(/C=N/c4ccn[nH]4)c3c2)c1. The highest BCUT2D eigenvalue weighted by atomic mass is 16.3. The van der Waals surface area contributed by atoms with E-state index >= 15 is 0 Å². The topological polar surface area (TPSA) is 141 Å². The Bertz CT molecular complexity index is 1590. The lowest BCUT2D eigenvalue weighted by Crippen LogP contribution is -2.13. The van der Waals surface area contributed by atoms with Crippen LogP contribution in [0.25, 0.3) is 10.9 Å². The largest absolute Gasteiger partial charge is 0.494 e. The fraction of sp³-hybridized carbons (Fsp3) is 0.0800. The Balaban J connectivity index is 1.42. The quantitative estimate of drug-likeness (QED) is 0.222. The predicted molar refractivity (Wildman–Crippen MR) is 132 cm³/mol. The second-order valence-corrected chi connectivity index (χ2v) is 8.01. The van der Waals surface area contributed by atoms with E-state index in [0.717, 1.165) is 0 Å². The van der Waals surface area contributed by atoms with Crippen LogP contribution in [0.3, 0.4) is 0 Å². The van der Waals surface area contributed by atoms with Crippen LogP contribution < -0.4 is 5.32 Å². The molecule has 1 amide bonds. The third-order valence-electron chi connectivity index (χ3n) is 5.54. The minimum absolute atomic E-state index is 0.0525. The van der Waals surface area contributed by atoms with Gasteiger partial charge in [0.15, 0.2) is 11.7 Å². The summed E-state index contributed by atoms with van der Waals surface area (Å²) >= 11 is 0. The zero-order valence-electron chi connectivity index (χ0n) is 18.9. The molecule has 0 spiro atoms. The van der Waals surface area contributed by atoms with E-state index in [9.17, 15) is 14.7 Å². The van der Waals surface area contributed by atoms with Gasteiger partial charge >= 0.3 is 0 Å². The second-order valence-electron chi connectivity index (χ2n) is 8.01. The fourth-order valence-corrected chi connectivity index (χ4v) is 3.85. The average molecular weight is 467 g/mol. The minimum Gasteiger partial charge on any atom is -0.494 e. The highest BCUT2D eigenvalue weighted by Gasteiger charge is 2.16. The van der Waals surface area contributed by atoms with Crippen LogP contribution in [0.2, 0.25) is 0 Å². The third kappa shape index (κ3) is 4.32. The first-order valence-electron chi connectivity index (χ1n) is 10.7. The van der Waals surface area contributed by atoms with E-state index in [2.05, 4.69) is 30.6 Å². The van der Waals surface area contributed by atoms with Crippen LogP contribution in [0.5, 0.6) is 5.88 Å². The summed E-state index contributed by atoms with van der Waals surface area (Å²) in [7, 11) is 1.75. The number of H-pyrrole nitrogens is 2. The average Bonchev–Trinajstić information content (AvgIpc) is 3.55. The molecule has 3 heterocycles. The van der Waals surface area contributed by atoms with E-state index in [-0.39, 0.29) is 17.6 Å². The van der Waals surface area contributed by atoms with E-state index in [0.29, 0.717) is 50.4 Å². The molecule has 5 aromatic rings. The van der Waals surface area contributed by atoms with E-state index in [1.807, 2.05) is 0 Å². The summed E-state index contributed by atoms with van der Waals surface area (Å²) in [5, 5.41) is 24.6. The lowest BCUT2D eigenvalue weighted by atomic mass is 10.0. The van der Waals surface area contributed by atoms with Crippen molar-refractivity contribution in [1.29, 1.82) is 0 Å². The predicted octanol–water partition coefficient (Wildman–Crippen LogP) is 3.87. The van der Waals surface area contributed by atoms with Crippen molar-refractivity contribution in [3.8, 4) is 5.88 Å². The maximum Gasteiger partial charge on any atom is 0.259 e. The number of nitrogens with one attached hydrogen (secondary N) is 3. The van der Waals surface area contributed by atoms with Crippen molar-refractivity contribution in [2.45, 2.75) is 6.92 Å². The molecule has 0 aliphatic rings. The van der Waals surface area contributed by atoms with Gasteiger partial charge in [0, 0.05) is 53.2 Å². The monoisotopic (exact) mass is 467 g/mol. The Morgan fingerprint density at radius 1 is 1.14 bits per heavy atom. The number of rotatable bonds is 6. The zero-order chi connectivity index (χ0) is 24.5. The van der Waals surface area contributed by atoms with Gasteiger partial charge < -0.3 is 15.4 Å². The van der Waals surface area contributed by atoms with Gasteiger partial charge in [0.2, 0.25) is 0 Å². The van der Waals surface area contributed by atoms with Gasteiger partial charge in [0.25, 0.3) is 5.91 Å². The van der Waals surface area contributed by atoms with E-state index in [1.54, 1.807) is 79.6 Å². The Morgan fingerprint density at radius 2 is 1.97 bits per heavy atom. The Morgan fingerprint density at radius 3 is 2.71 bits per heavy atom. The lowest BCUT2D eigenvalue weighted by Gasteiger charge is -2.07. The molecule has 0 bridgehead atoms. The molecule has 10 nitrogen and oxygen atoms in total. The Hall–Kier alpha value is -4.99. The van der Waals surface area contributed by atoms with Gasteiger partial charge in [-0.2, -0.15) is 10.2 Å². The summed E-state index contributed by atoms with van der Waals surface area (Å²) in [4.78, 5) is 33.1. The highest BCUT2D eigenvalue weighted by Crippen LogP contribution is 2.28. The van der Waals surface area contributed by atoms with Crippen molar-refractivity contribution in [1.82, 2.24) is 25.0 Å². The number of aryl methyl sites for hydroxylation is 2. The van der Waals surface area contributed by atoms with Crippen LogP contribution in [0, 0.1) is 6.92 Å². The van der Waals surface area contributed by atoms with E-state index in [1.165, 1.54) is 6.21 Å². The number of aromatic hydroxyl groups is 1.